The summed E-state index contributed by atoms with van der Waals surface area (Å²) in [6, 6.07) is -1.10. The van der Waals surface area contributed by atoms with Gasteiger partial charge in [0.25, 0.3) is 0 Å². The molecule has 1 unspecified atom stereocenters. The summed E-state index contributed by atoms with van der Waals surface area (Å²) in [5.74, 6) is -1.94. The molecule has 0 spiro atoms. The van der Waals surface area contributed by atoms with Gasteiger partial charge < -0.3 is 49.8 Å². The highest BCUT2D eigenvalue weighted by atomic mass is 16.7. The van der Waals surface area contributed by atoms with Crippen LogP contribution >= 0.6 is 0 Å². The first-order chi connectivity index (χ1) is 13.1. The number of carboxylic acids is 1. The van der Waals surface area contributed by atoms with E-state index < -0.39 is 79.6 Å². The summed E-state index contributed by atoms with van der Waals surface area (Å²) < 4.78 is 21.5. The standard InChI is InChI=1S/C16H27NO11/c1-5-9(20)11(22)13(14(26-5)15(23)24)28-16-8(17-6(2)19)12(25-3)10(21)7(4-18)27-16/h5,7-14,16,18,20-22H,4H2,1-3H3,(H,17,19)(H,23,24)/t5-,7+,8+,9-,10+,11?,12+,13-,14-,16-/m0/s1. The van der Waals surface area contributed by atoms with Gasteiger partial charge in [0.05, 0.1) is 12.7 Å². The van der Waals surface area contributed by atoms with Crippen molar-refractivity contribution >= 4 is 11.9 Å². The minimum atomic E-state index is -1.63. The molecule has 0 bridgehead atoms. The summed E-state index contributed by atoms with van der Waals surface area (Å²) in [6.07, 6.45) is -12.2. The van der Waals surface area contributed by atoms with Gasteiger partial charge in [0, 0.05) is 14.0 Å². The predicted molar refractivity (Wildman–Crippen MR) is 89.0 cm³/mol. The molecular formula is C16H27NO11. The Morgan fingerprint density at radius 3 is 2.21 bits per heavy atom. The Hall–Kier alpha value is -1.38. The van der Waals surface area contributed by atoms with Crippen molar-refractivity contribution in [2.45, 2.75) is 75.0 Å². The molecular weight excluding hydrogens is 382 g/mol. The van der Waals surface area contributed by atoms with Gasteiger partial charge in [-0.15, -0.1) is 0 Å². The third-order valence-corrected chi connectivity index (χ3v) is 4.86. The first-order valence-corrected chi connectivity index (χ1v) is 8.76. The first-order valence-electron chi connectivity index (χ1n) is 8.76. The molecule has 2 fully saturated rings. The second kappa shape index (κ2) is 9.41. The third-order valence-electron chi connectivity index (χ3n) is 4.86. The van der Waals surface area contributed by atoms with Crippen LogP contribution < -0.4 is 5.32 Å². The molecule has 0 aromatic carbocycles. The van der Waals surface area contributed by atoms with Crippen LogP contribution in [-0.2, 0) is 28.5 Å². The summed E-state index contributed by atoms with van der Waals surface area (Å²) in [5, 5.41) is 52.0. The molecule has 12 nitrogen and oxygen atoms in total. The molecule has 10 atom stereocenters. The van der Waals surface area contributed by atoms with Gasteiger partial charge in [-0.1, -0.05) is 0 Å². The molecule has 0 radical (unpaired) electrons. The number of methoxy groups -OCH3 is 1. The molecule has 0 aromatic rings. The monoisotopic (exact) mass is 409 g/mol. The summed E-state index contributed by atoms with van der Waals surface area (Å²) >= 11 is 0. The highest BCUT2D eigenvalue weighted by Crippen LogP contribution is 2.30. The number of hydrogen-bond acceptors (Lipinski definition) is 10. The van der Waals surface area contributed by atoms with Crippen molar-refractivity contribution in [3.05, 3.63) is 0 Å². The van der Waals surface area contributed by atoms with Gasteiger partial charge in [-0.3, -0.25) is 4.79 Å². The summed E-state index contributed by atoms with van der Waals surface area (Å²) in [6.45, 7) is 1.99. The Bertz CT molecular complexity index is 561. The molecule has 28 heavy (non-hydrogen) atoms. The minimum absolute atomic E-state index is 0.511. The highest BCUT2D eigenvalue weighted by molar-refractivity contribution is 5.74. The SMILES string of the molecule is CO[C@H]1[C@H](O)[C@@H](CO)O[C@@H](O[C@H]2C(O)[C@@H](O)[C@H](C)O[C@@H]2C(=O)O)[C@@H]1NC(C)=O. The van der Waals surface area contributed by atoms with Crippen molar-refractivity contribution in [1.82, 2.24) is 5.32 Å². The third kappa shape index (κ3) is 4.60. The summed E-state index contributed by atoms with van der Waals surface area (Å²) in [4.78, 5) is 23.1. The molecule has 0 aromatic heterocycles. The van der Waals surface area contributed by atoms with Crippen LogP contribution in [0.25, 0.3) is 0 Å². The second-order valence-electron chi connectivity index (χ2n) is 6.82. The maximum atomic E-state index is 11.6. The normalized spacial score (nSPS) is 44.1. The van der Waals surface area contributed by atoms with Gasteiger partial charge in [-0.2, -0.15) is 0 Å². The number of aliphatic hydroxyl groups is 4. The average Bonchev–Trinajstić information content (AvgIpc) is 2.63. The van der Waals surface area contributed by atoms with Gasteiger partial charge in [0.15, 0.2) is 12.4 Å². The molecule has 0 saturated carbocycles. The van der Waals surface area contributed by atoms with E-state index >= 15 is 0 Å². The smallest absolute Gasteiger partial charge is 0.335 e. The molecule has 2 aliphatic rings. The van der Waals surface area contributed by atoms with Gasteiger partial charge in [-0.25, -0.2) is 4.79 Å². The lowest BCUT2D eigenvalue weighted by molar-refractivity contribution is -0.319. The van der Waals surface area contributed by atoms with Crippen molar-refractivity contribution in [1.29, 1.82) is 0 Å². The Balaban J connectivity index is 2.31. The fourth-order valence-electron chi connectivity index (χ4n) is 3.40. The second-order valence-corrected chi connectivity index (χ2v) is 6.82. The lowest BCUT2D eigenvalue weighted by Gasteiger charge is -2.47. The fraction of sp³-hybridized carbons (Fsp3) is 0.875. The number of carboxylic acid groups (broad SMARTS) is 1. The topological polar surface area (TPSA) is 184 Å². The van der Waals surface area contributed by atoms with Crippen LogP contribution in [-0.4, -0.2) is 112 Å². The zero-order valence-corrected chi connectivity index (χ0v) is 15.7. The van der Waals surface area contributed by atoms with Crippen molar-refractivity contribution in [3.63, 3.8) is 0 Å². The Morgan fingerprint density at radius 2 is 1.71 bits per heavy atom. The van der Waals surface area contributed by atoms with Crippen LogP contribution in [0.4, 0.5) is 0 Å². The van der Waals surface area contributed by atoms with Gasteiger partial charge >= 0.3 is 5.97 Å². The largest absolute Gasteiger partial charge is 0.479 e. The maximum Gasteiger partial charge on any atom is 0.335 e. The number of rotatable bonds is 6. The number of aliphatic hydroxyl groups excluding tert-OH is 4. The lowest BCUT2D eigenvalue weighted by atomic mass is 9.94. The van der Waals surface area contributed by atoms with Gasteiger partial charge in [0.1, 0.15) is 42.7 Å². The predicted octanol–water partition coefficient (Wildman–Crippen LogP) is -3.44. The van der Waals surface area contributed by atoms with Crippen molar-refractivity contribution in [3.8, 4) is 0 Å². The van der Waals surface area contributed by atoms with E-state index in [9.17, 15) is 35.1 Å². The van der Waals surface area contributed by atoms with Crippen molar-refractivity contribution < 1.29 is 54.1 Å². The molecule has 0 aliphatic carbocycles. The van der Waals surface area contributed by atoms with Crippen LogP contribution in [0.1, 0.15) is 13.8 Å². The van der Waals surface area contributed by atoms with Crippen molar-refractivity contribution in [2.24, 2.45) is 0 Å². The Kier molecular flexibility index (Phi) is 7.70. The number of aliphatic carboxylic acids is 1. The van der Waals surface area contributed by atoms with E-state index in [0.29, 0.717) is 0 Å². The molecule has 2 rings (SSSR count). The summed E-state index contributed by atoms with van der Waals surface area (Å²) in [5.41, 5.74) is 0. The molecule has 2 saturated heterocycles. The molecule has 162 valence electrons. The van der Waals surface area contributed by atoms with E-state index in [0.717, 1.165) is 0 Å². The number of amides is 1. The molecule has 2 heterocycles. The molecule has 6 N–H and O–H groups in total. The van der Waals surface area contributed by atoms with E-state index in [1.165, 1.54) is 21.0 Å². The number of nitrogens with one attached hydrogen (secondary N) is 1. The number of ether oxygens (including phenoxy) is 4. The molecule has 1 amide bonds. The first kappa shape index (κ1) is 22.9. The van der Waals surface area contributed by atoms with Crippen LogP contribution in [0.15, 0.2) is 0 Å². The Morgan fingerprint density at radius 1 is 1.07 bits per heavy atom. The van der Waals surface area contributed by atoms with Crippen LogP contribution in [0.2, 0.25) is 0 Å². The molecule has 2 aliphatic heterocycles. The maximum absolute atomic E-state index is 11.6. The summed E-state index contributed by atoms with van der Waals surface area (Å²) in [7, 11) is 1.27. The molecule has 12 heteroatoms. The Labute approximate surface area is 160 Å². The van der Waals surface area contributed by atoms with Crippen molar-refractivity contribution in [2.75, 3.05) is 13.7 Å². The van der Waals surface area contributed by atoms with Crippen LogP contribution in [0.5, 0.6) is 0 Å². The minimum Gasteiger partial charge on any atom is -0.479 e. The van der Waals surface area contributed by atoms with E-state index in [1.807, 2.05) is 0 Å². The number of hydrogen-bond donors (Lipinski definition) is 6. The zero-order valence-electron chi connectivity index (χ0n) is 15.7. The van der Waals surface area contributed by atoms with E-state index in [-0.39, 0.29) is 0 Å². The van der Waals surface area contributed by atoms with E-state index in [2.05, 4.69) is 5.32 Å². The van der Waals surface area contributed by atoms with Crippen LogP contribution in [0.3, 0.4) is 0 Å². The number of carbonyl (C=O) groups is 2. The highest BCUT2D eigenvalue weighted by Gasteiger charge is 2.52. The van der Waals surface area contributed by atoms with Crippen LogP contribution in [0, 0.1) is 0 Å². The average molecular weight is 409 g/mol. The lowest BCUT2D eigenvalue weighted by Crippen LogP contribution is -2.68. The number of carbonyl (C=O) groups excluding carboxylic acids is 1. The van der Waals surface area contributed by atoms with Gasteiger partial charge in [-0.05, 0) is 6.92 Å². The van der Waals surface area contributed by atoms with E-state index in [4.69, 9.17) is 18.9 Å². The van der Waals surface area contributed by atoms with Gasteiger partial charge in [0.2, 0.25) is 5.91 Å². The van der Waals surface area contributed by atoms with E-state index in [1.54, 1.807) is 0 Å². The quantitative estimate of drug-likeness (QED) is 0.256. The zero-order chi connectivity index (χ0) is 21.2. The fourth-order valence-corrected chi connectivity index (χ4v) is 3.40.